The molecule has 1 aliphatic heterocycles. The molecule has 1 aromatic heterocycles. The van der Waals surface area contributed by atoms with E-state index in [-0.39, 0.29) is 15.5 Å². The third-order valence-electron chi connectivity index (χ3n) is 4.91. The van der Waals surface area contributed by atoms with Gasteiger partial charge in [-0.2, -0.15) is 4.31 Å². The summed E-state index contributed by atoms with van der Waals surface area (Å²) < 4.78 is 32.2. The number of nitro groups is 1. The van der Waals surface area contributed by atoms with Gasteiger partial charge in [0.05, 0.1) is 4.92 Å². The number of nitro benzene ring substituents is 1. The molecule has 0 radical (unpaired) electrons. The lowest BCUT2D eigenvalue weighted by molar-refractivity contribution is -0.385. The van der Waals surface area contributed by atoms with Gasteiger partial charge in [-0.25, -0.2) is 8.42 Å². The molecule has 3 rings (SSSR count). The van der Waals surface area contributed by atoms with Gasteiger partial charge >= 0.3 is 0 Å². The number of rotatable bonds is 5. The van der Waals surface area contributed by atoms with Crippen molar-refractivity contribution in [1.82, 2.24) is 14.4 Å². The number of hydrogen-bond acceptors (Lipinski definition) is 7. The molecule has 146 valence electrons. The summed E-state index contributed by atoms with van der Waals surface area (Å²) in [4.78, 5) is 13.0. The number of benzene rings is 1. The fourth-order valence-corrected chi connectivity index (χ4v) is 5.09. The fraction of sp³-hybridized carbons (Fsp3) is 0.471. The van der Waals surface area contributed by atoms with Gasteiger partial charge in [-0.3, -0.25) is 15.0 Å². The van der Waals surface area contributed by atoms with Crippen LogP contribution in [0.2, 0.25) is 0 Å². The van der Waals surface area contributed by atoms with Gasteiger partial charge in [0.15, 0.2) is 5.76 Å². The lowest BCUT2D eigenvalue weighted by atomic mass is 10.1. The van der Waals surface area contributed by atoms with Crippen LogP contribution in [0.25, 0.3) is 0 Å². The van der Waals surface area contributed by atoms with E-state index in [2.05, 4.69) is 10.1 Å². The second kappa shape index (κ2) is 7.37. The summed E-state index contributed by atoms with van der Waals surface area (Å²) in [5.41, 5.74) is 1.99. The molecule has 10 heteroatoms. The lowest BCUT2D eigenvalue weighted by Crippen LogP contribution is -2.48. The van der Waals surface area contributed by atoms with Crippen molar-refractivity contribution < 1.29 is 17.9 Å². The first-order valence-corrected chi connectivity index (χ1v) is 10.0. The summed E-state index contributed by atoms with van der Waals surface area (Å²) in [5.74, 6) is 0.294. The van der Waals surface area contributed by atoms with Crippen molar-refractivity contribution in [1.29, 1.82) is 0 Å². The van der Waals surface area contributed by atoms with Gasteiger partial charge in [0.25, 0.3) is 5.69 Å². The molecule has 0 spiro atoms. The van der Waals surface area contributed by atoms with Crippen LogP contribution in [-0.2, 0) is 16.6 Å². The van der Waals surface area contributed by atoms with Crippen LogP contribution in [0.15, 0.2) is 27.6 Å². The van der Waals surface area contributed by atoms with Crippen LogP contribution in [0.5, 0.6) is 0 Å². The Labute approximate surface area is 157 Å². The maximum absolute atomic E-state index is 12.9. The molecule has 1 saturated heterocycles. The molecule has 1 fully saturated rings. The molecule has 27 heavy (non-hydrogen) atoms. The Morgan fingerprint density at radius 2 is 1.85 bits per heavy atom. The topological polar surface area (TPSA) is 110 Å². The largest absolute Gasteiger partial charge is 0.360 e. The van der Waals surface area contributed by atoms with Crippen LogP contribution in [0.3, 0.4) is 0 Å². The van der Waals surface area contributed by atoms with E-state index in [1.807, 2.05) is 6.07 Å². The van der Waals surface area contributed by atoms with Crippen molar-refractivity contribution in [3.63, 3.8) is 0 Å². The molecule has 2 heterocycles. The minimum absolute atomic E-state index is 0.104. The first kappa shape index (κ1) is 19.5. The van der Waals surface area contributed by atoms with Crippen molar-refractivity contribution in [3.8, 4) is 0 Å². The number of aromatic nitrogens is 1. The van der Waals surface area contributed by atoms with Crippen molar-refractivity contribution in [2.24, 2.45) is 0 Å². The van der Waals surface area contributed by atoms with Crippen molar-refractivity contribution in [2.75, 3.05) is 26.2 Å². The third-order valence-corrected chi connectivity index (χ3v) is 7.05. The minimum atomic E-state index is -3.64. The van der Waals surface area contributed by atoms with Crippen LogP contribution in [0.4, 0.5) is 5.69 Å². The summed E-state index contributed by atoms with van der Waals surface area (Å²) in [6, 6.07) is 5.04. The van der Waals surface area contributed by atoms with E-state index in [9.17, 15) is 18.5 Å². The predicted octanol–water partition coefficient (Wildman–Crippen LogP) is 2.01. The van der Waals surface area contributed by atoms with E-state index in [1.165, 1.54) is 10.4 Å². The highest BCUT2D eigenvalue weighted by atomic mass is 32.2. The summed E-state index contributed by atoms with van der Waals surface area (Å²) in [6.45, 7) is 7.29. The molecule has 1 aromatic carbocycles. The molecular formula is C17H22N4O5S. The average Bonchev–Trinajstić information content (AvgIpc) is 2.96. The monoisotopic (exact) mass is 394 g/mol. The van der Waals surface area contributed by atoms with Gasteiger partial charge < -0.3 is 4.52 Å². The van der Waals surface area contributed by atoms with Gasteiger partial charge in [-0.1, -0.05) is 17.3 Å². The van der Waals surface area contributed by atoms with Crippen LogP contribution in [-0.4, -0.2) is 53.9 Å². The van der Waals surface area contributed by atoms with E-state index >= 15 is 0 Å². The minimum Gasteiger partial charge on any atom is -0.360 e. The first-order chi connectivity index (χ1) is 12.7. The first-order valence-electron chi connectivity index (χ1n) is 8.60. The van der Waals surface area contributed by atoms with E-state index in [4.69, 9.17) is 4.52 Å². The summed E-state index contributed by atoms with van der Waals surface area (Å²) in [6.07, 6.45) is 0. The van der Waals surface area contributed by atoms with Gasteiger partial charge in [0.1, 0.15) is 10.6 Å². The van der Waals surface area contributed by atoms with E-state index in [0.717, 1.165) is 5.56 Å². The maximum atomic E-state index is 12.9. The van der Waals surface area contributed by atoms with E-state index in [1.54, 1.807) is 26.8 Å². The summed E-state index contributed by atoms with van der Waals surface area (Å²) in [7, 11) is -3.64. The van der Waals surface area contributed by atoms with Crippen molar-refractivity contribution in [2.45, 2.75) is 32.2 Å². The number of nitrogens with zero attached hydrogens (tertiary/aromatic N) is 4. The number of piperazine rings is 1. The molecule has 0 saturated carbocycles. The van der Waals surface area contributed by atoms with Crippen LogP contribution in [0.1, 0.15) is 22.6 Å². The predicted molar refractivity (Wildman–Crippen MR) is 97.8 cm³/mol. The number of aryl methyl sites for hydroxylation is 2. The van der Waals surface area contributed by atoms with Crippen LogP contribution >= 0.6 is 0 Å². The third kappa shape index (κ3) is 3.73. The summed E-state index contributed by atoms with van der Waals surface area (Å²) >= 11 is 0. The fourth-order valence-electron chi connectivity index (χ4n) is 3.38. The SMILES string of the molecule is Cc1noc(C)c1S(=O)(=O)N1CCN(Cc2cccc([N+](=O)[O-])c2C)CC1. The molecule has 0 aliphatic carbocycles. The van der Waals surface area contributed by atoms with Crippen LogP contribution < -0.4 is 0 Å². The Kier molecular flexibility index (Phi) is 5.31. The molecule has 0 bridgehead atoms. The molecule has 0 amide bonds. The number of sulfonamides is 1. The van der Waals surface area contributed by atoms with Gasteiger partial charge in [0, 0.05) is 44.4 Å². The van der Waals surface area contributed by atoms with E-state index < -0.39 is 10.0 Å². The zero-order valence-corrected chi connectivity index (χ0v) is 16.3. The second-order valence-electron chi connectivity index (χ2n) is 6.65. The second-order valence-corrected chi connectivity index (χ2v) is 8.53. The zero-order chi connectivity index (χ0) is 19.8. The molecule has 0 unspecified atom stereocenters. The standard InChI is InChI=1S/C17H22N4O5S/c1-12-15(5-4-6-16(12)21(22)23)11-19-7-9-20(10-8-19)27(24,25)17-13(2)18-26-14(17)3/h4-6H,7-11H2,1-3H3. The zero-order valence-electron chi connectivity index (χ0n) is 15.5. The smallest absolute Gasteiger partial charge is 0.272 e. The normalized spacial score (nSPS) is 16.6. The van der Waals surface area contributed by atoms with E-state index in [0.29, 0.717) is 49.7 Å². The molecular weight excluding hydrogens is 372 g/mol. The average molecular weight is 394 g/mol. The van der Waals surface area contributed by atoms with Gasteiger partial charge in [-0.15, -0.1) is 0 Å². The Morgan fingerprint density at radius 1 is 1.19 bits per heavy atom. The number of hydrogen-bond donors (Lipinski definition) is 0. The van der Waals surface area contributed by atoms with Crippen molar-refractivity contribution >= 4 is 15.7 Å². The Morgan fingerprint density at radius 3 is 2.41 bits per heavy atom. The van der Waals surface area contributed by atoms with Gasteiger partial charge in [-0.05, 0) is 26.3 Å². The highest BCUT2D eigenvalue weighted by molar-refractivity contribution is 7.89. The van der Waals surface area contributed by atoms with Crippen LogP contribution in [0, 0.1) is 30.9 Å². The van der Waals surface area contributed by atoms with Gasteiger partial charge in [0.2, 0.25) is 10.0 Å². The molecule has 0 N–H and O–H groups in total. The van der Waals surface area contributed by atoms with Crippen molar-refractivity contribution in [3.05, 3.63) is 50.9 Å². The highest BCUT2D eigenvalue weighted by Crippen LogP contribution is 2.26. The molecule has 1 aliphatic rings. The Bertz CT molecular complexity index is 942. The lowest BCUT2D eigenvalue weighted by Gasteiger charge is -2.34. The molecule has 9 nitrogen and oxygen atoms in total. The maximum Gasteiger partial charge on any atom is 0.272 e. The molecule has 0 atom stereocenters. The Balaban J connectivity index is 1.70. The molecule has 2 aromatic rings. The quantitative estimate of drug-likeness (QED) is 0.563. The summed E-state index contributed by atoms with van der Waals surface area (Å²) in [5, 5.41) is 14.8. The Hall–Kier alpha value is -2.30. The highest BCUT2D eigenvalue weighted by Gasteiger charge is 2.33.